The van der Waals surface area contributed by atoms with Gasteiger partial charge in [-0.3, -0.25) is 9.48 Å². The van der Waals surface area contributed by atoms with Crippen LogP contribution in [-0.4, -0.2) is 22.1 Å². The van der Waals surface area contributed by atoms with Gasteiger partial charge in [-0.05, 0) is 48.7 Å². The highest BCUT2D eigenvalue weighted by Gasteiger charge is 2.16. The smallest absolute Gasteiger partial charge is 0.138 e. The Morgan fingerprint density at radius 2 is 2.05 bits per heavy atom. The van der Waals surface area contributed by atoms with E-state index in [1.165, 1.54) is 0 Å². The first-order valence-corrected chi connectivity index (χ1v) is 7.89. The van der Waals surface area contributed by atoms with E-state index in [9.17, 15) is 4.79 Å². The summed E-state index contributed by atoms with van der Waals surface area (Å²) in [6.07, 6.45) is 4.98. The number of nitrogens with zero attached hydrogens (tertiary/aromatic N) is 2. The molecule has 0 saturated carbocycles. The van der Waals surface area contributed by atoms with Crippen LogP contribution in [0.1, 0.15) is 50.9 Å². The molecule has 4 nitrogen and oxygen atoms in total. The third-order valence-electron chi connectivity index (χ3n) is 3.22. The molecule has 2 N–H and O–H groups in total. The van der Waals surface area contributed by atoms with E-state index in [1.807, 2.05) is 11.6 Å². The monoisotopic (exact) mass is 329 g/mol. The second-order valence-corrected chi connectivity index (χ2v) is 5.48. The average molecular weight is 330 g/mol. The van der Waals surface area contributed by atoms with E-state index in [2.05, 4.69) is 28.0 Å². The lowest BCUT2D eigenvalue weighted by molar-refractivity contribution is -0.118. The summed E-state index contributed by atoms with van der Waals surface area (Å²) in [6.45, 7) is 5.64. The molecular weight excluding hydrogens is 306 g/mol. The molecule has 0 spiro atoms. The predicted octanol–water partition coefficient (Wildman–Crippen LogP) is 2.86. The fourth-order valence-corrected chi connectivity index (χ4v) is 2.81. The Labute approximate surface area is 123 Å². The molecule has 0 fully saturated rings. The van der Waals surface area contributed by atoms with Crippen LogP contribution in [0.3, 0.4) is 0 Å². The molecule has 1 aromatic heterocycles. The maximum Gasteiger partial charge on any atom is 0.138 e. The topological polar surface area (TPSA) is 60.9 Å². The quantitative estimate of drug-likeness (QED) is 0.708. The van der Waals surface area contributed by atoms with Crippen molar-refractivity contribution in [2.24, 2.45) is 5.73 Å². The normalized spacial score (nSPS) is 10.9. The van der Waals surface area contributed by atoms with Gasteiger partial charge in [0.05, 0.1) is 15.9 Å². The molecule has 0 aliphatic rings. The van der Waals surface area contributed by atoms with Crippen molar-refractivity contribution in [3.8, 4) is 0 Å². The number of hydrogen-bond acceptors (Lipinski definition) is 3. The van der Waals surface area contributed by atoms with Crippen molar-refractivity contribution in [3.05, 3.63) is 15.9 Å². The number of hydrogen-bond donors (Lipinski definition) is 1. The molecule has 0 aliphatic carbocycles. The number of carbonyl (C=O) groups is 1. The molecule has 0 bridgehead atoms. The molecule has 0 saturated heterocycles. The van der Waals surface area contributed by atoms with Gasteiger partial charge in [0, 0.05) is 19.4 Å². The first-order valence-electron chi connectivity index (χ1n) is 7.09. The Morgan fingerprint density at radius 1 is 1.32 bits per heavy atom. The van der Waals surface area contributed by atoms with Crippen molar-refractivity contribution < 1.29 is 4.79 Å². The van der Waals surface area contributed by atoms with Crippen LogP contribution < -0.4 is 5.73 Å². The Hall–Kier alpha value is -0.680. The Balaban J connectivity index is 2.60. The lowest BCUT2D eigenvalue weighted by Crippen LogP contribution is -2.10. The van der Waals surface area contributed by atoms with Crippen LogP contribution in [-0.2, 0) is 24.2 Å². The molecule has 108 valence electrons. The van der Waals surface area contributed by atoms with E-state index in [1.54, 1.807) is 0 Å². The minimum absolute atomic E-state index is 0.287. The van der Waals surface area contributed by atoms with Gasteiger partial charge in [-0.1, -0.05) is 13.3 Å². The van der Waals surface area contributed by atoms with Crippen LogP contribution >= 0.6 is 15.9 Å². The molecular formula is C14H24BrN3O. The molecule has 0 atom stereocenters. The van der Waals surface area contributed by atoms with Crippen LogP contribution in [0.15, 0.2) is 4.47 Å². The average Bonchev–Trinajstić information content (AvgIpc) is 2.71. The zero-order chi connectivity index (χ0) is 14.3. The number of rotatable bonds is 9. The molecule has 1 aromatic rings. The molecule has 0 amide bonds. The fourth-order valence-electron chi connectivity index (χ4n) is 2.10. The van der Waals surface area contributed by atoms with E-state index in [4.69, 9.17) is 5.73 Å². The molecule has 5 heteroatoms. The number of halogens is 1. The third kappa shape index (κ3) is 4.73. The highest BCUT2D eigenvalue weighted by Crippen LogP contribution is 2.23. The molecule has 0 unspecified atom stereocenters. The van der Waals surface area contributed by atoms with Crippen molar-refractivity contribution in [2.75, 3.05) is 6.54 Å². The second kappa shape index (κ2) is 8.48. The number of Topliss-reactive ketones (excluding diaryl/α,β-unsaturated/α-hetero) is 1. The summed E-state index contributed by atoms with van der Waals surface area (Å²) in [7, 11) is 0. The van der Waals surface area contributed by atoms with Gasteiger partial charge in [-0.15, -0.1) is 0 Å². The van der Waals surface area contributed by atoms with E-state index in [0.29, 0.717) is 19.4 Å². The van der Waals surface area contributed by atoms with E-state index >= 15 is 0 Å². The van der Waals surface area contributed by atoms with Gasteiger partial charge in [0.1, 0.15) is 5.78 Å². The molecule has 19 heavy (non-hydrogen) atoms. The van der Waals surface area contributed by atoms with Gasteiger partial charge < -0.3 is 5.73 Å². The van der Waals surface area contributed by atoms with Crippen molar-refractivity contribution >= 4 is 21.7 Å². The van der Waals surface area contributed by atoms with Gasteiger partial charge in [-0.2, -0.15) is 5.10 Å². The van der Waals surface area contributed by atoms with Crippen LogP contribution in [0, 0.1) is 0 Å². The number of ketones is 1. The maximum absolute atomic E-state index is 12.0. The fraction of sp³-hybridized carbons (Fsp3) is 0.714. The highest BCUT2D eigenvalue weighted by atomic mass is 79.9. The summed E-state index contributed by atoms with van der Waals surface area (Å²) in [4.78, 5) is 12.0. The van der Waals surface area contributed by atoms with Crippen molar-refractivity contribution in [2.45, 2.75) is 58.9 Å². The van der Waals surface area contributed by atoms with E-state index < -0.39 is 0 Å². The van der Waals surface area contributed by atoms with Gasteiger partial charge in [-0.25, -0.2) is 0 Å². The largest absolute Gasteiger partial charge is 0.330 e. The molecule has 1 heterocycles. The molecule has 0 radical (unpaired) electrons. The Morgan fingerprint density at radius 3 is 2.63 bits per heavy atom. The van der Waals surface area contributed by atoms with E-state index in [0.717, 1.165) is 48.1 Å². The summed E-state index contributed by atoms with van der Waals surface area (Å²) < 4.78 is 2.94. The van der Waals surface area contributed by atoms with Crippen molar-refractivity contribution in [3.63, 3.8) is 0 Å². The number of aromatic nitrogens is 2. The zero-order valence-corrected chi connectivity index (χ0v) is 13.5. The second-order valence-electron chi connectivity index (χ2n) is 4.69. The number of aryl methyl sites for hydroxylation is 2. The van der Waals surface area contributed by atoms with Gasteiger partial charge in [0.2, 0.25) is 0 Å². The van der Waals surface area contributed by atoms with Crippen molar-refractivity contribution in [1.82, 2.24) is 9.78 Å². The third-order valence-corrected chi connectivity index (χ3v) is 4.13. The van der Waals surface area contributed by atoms with Crippen molar-refractivity contribution in [1.29, 1.82) is 0 Å². The number of unbranched alkanes of at least 4 members (excludes halogenated alkanes) is 2. The van der Waals surface area contributed by atoms with Gasteiger partial charge in [0.25, 0.3) is 0 Å². The zero-order valence-electron chi connectivity index (χ0n) is 11.9. The maximum atomic E-state index is 12.0. The van der Waals surface area contributed by atoms with Crippen LogP contribution in [0.2, 0.25) is 0 Å². The van der Waals surface area contributed by atoms with Gasteiger partial charge >= 0.3 is 0 Å². The first-order chi connectivity index (χ1) is 9.13. The number of nitrogens with two attached hydrogens (primary N) is 1. The van der Waals surface area contributed by atoms with Crippen LogP contribution in [0.4, 0.5) is 0 Å². The van der Waals surface area contributed by atoms with Crippen LogP contribution in [0.25, 0.3) is 0 Å². The predicted molar refractivity (Wildman–Crippen MR) is 81.2 cm³/mol. The summed E-state index contributed by atoms with van der Waals surface area (Å²) in [5.41, 5.74) is 7.49. The SMILES string of the molecule is CCc1nn(CC)c(CC(=O)CCCCCN)c1Br. The summed E-state index contributed by atoms with van der Waals surface area (Å²) in [6, 6.07) is 0. The standard InChI is InChI=1S/C14H24BrN3O/c1-3-12-14(15)13(18(4-2)17-12)10-11(19)8-6-5-7-9-16/h3-10,16H2,1-2H3. The summed E-state index contributed by atoms with van der Waals surface area (Å²) in [5, 5.41) is 4.51. The highest BCUT2D eigenvalue weighted by molar-refractivity contribution is 9.10. The summed E-state index contributed by atoms with van der Waals surface area (Å²) >= 11 is 3.57. The first kappa shape index (κ1) is 16.4. The molecule has 0 aliphatic heterocycles. The number of carbonyl (C=O) groups excluding carboxylic acids is 1. The molecule has 0 aromatic carbocycles. The summed E-state index contributed by atoms with van der Waals surface area (Å²) in [5.74, 6) is 0.287. The lowest BCUT2D eigenvalue weighted by atomic mass is 10.1. The van der Waals surface area contributed by atoms with Crippen LogP contribution in [0.5, 0.6) is 0 Å². The Bertz CT molecular complexity index is 415. The van der Waals surface area contributed by atoms with Gasteiger partial charge in [0.15, 0.2) is 0 Å². The molecule has 1 rings (SSSR count). The lowest BCUT2D eigenvalue weighted by Gasteiger charge is -2.05. The van der Waals surface area contributed by atoms with E-state index in [-0.39, 0.29) is 5.78 Å². The Kier molecular flexibility index (Phi) is 7.31. The minimum atomic E-state index is 0.287. The minimum Gasteiger partial charge on any atom is -0.330 e.